The number of amides is 1. The molecule has 0 saturated heterocycles. The van der Waals surface area contributed by atoms with Gasteiger partial charge in [-0.2, -0.15) is 0 Å². The van der Waals surface area contributed by atoms with E-state index in [1.54, 1.807) is 11.0 Å². The number of anilines is 2. The Morgan fingerprint density at radius 2 is 2.04 bits per heavy atom. The molecule has 1 atom stereocenters. The van der Waals surface area contributed by atoms with Crippen LogP contribution in [0.4, 0.5) is 11.4 Å². The smallest absolute Gasteiger partial charge is 0.262 e. The van der Waals surface area contributed by atoms with Crippen LogP contribution < -0.4 is 19.7 Å². The molecule has 0 radical (unpaired) electrons. The van der Waals surface area contributed by atoms with E-state index in [4.69, 9.17) is 9.47 Å². The van der Waals surface area contributed by atoms with Crippen LogP contribution in [-0.4, -0.2) is 22.3 Å². The van der Waals surface area contributed by atoms with Crippen molar-refractivity contribution in [3.8, 4) is 11.5 Å². The van der Waals surface area contributed by atoms with Crippen LogP contribution in [0.25, 0.3) is 0 Å². The Kier molecular flexibility index (Phi) is 3.10. The van der Waals surface area contributed by atoms with Crippen molar-refractivity contribution in [1.82, 2.24) is 9.59 Å². The maximum atomic E-state index is 13.2. The van der Waals surface area contributed by atoms with Crippen molar-refractivity contribution in [3.05, 3.63) is 59.1 Å². The third-order valence-corrected chi connectivity index (χ3v) is 4.74. The molecule has 2 aromatic carbocycles. The van der Waals surface area contributed by atoms with E-state index in [1.807, 2.05) is 41.8 Å². The normalized spacial score (nSPS) is 18.0. The molecule has 1 aromatic heterocycles. The standard InChI is InChI=1S/C17H12N4O3S/c22-17-11-3-1-2-4-12(11)18-16(13-8-25-20-19-13)21(17)10-5-6-14-15(7-10)24-9-23-14/h1-8,16,18H,9H2. The van der Waals surface area contributed by atoms with Gasteiger partial charge in [-0.05, 0) is 35.8 Å². The van der Waals surface area contributed by atoms with Gasteiger partial charge in [0.15, 0.2) is 17.7 Å². The average molecular weight is 352 g/mol. The van der Waals surface area contributed by atoms with Crippen LogP contribution in [0.5, 0.6) is 11.5 Å². The van der Waals surface area contributed by atoms with Gasteiger partial charge < -0.3 is 14.8 Å². The number of hydrogen-bond acceptors (Lipinski definition) is 7. The zero-order valence-corrected chi connectivity index (χ0v) is 13.7. The Bertz CT molecular complexity index is 960. The highest BCUT2D eigenvalue weighted by Gasteiger charge is 2.36. The van der Waals surface area contributed by atoms with Gasteiger partial charge in [0.05, 0.1) is 11.3 Å². The number of fused-ring (bicyclic) bond motifs is 2. The summed E-state index contributed by atoms with van der Waals surface area (Å²) in [6.45, 7) is 0.188. The number of carbonyl (C=O) groups is 1. The summed E-state index contributed by atoms with van der Waals surface area (Å²) in [7, 11) is 0. The highest BCUT2D eigenvalue weighted by atomic mass is 32.1. The monoisotopic (exact) mass is 352 g/mol. The molecule has 1 unspecified atom stereocenters. The first-order chi connectivity index (χ1) is 12.3. The molecule has 25 heavy (non-hydrogen) atoms. The van der Waals surface area contributed by atoms with Crippen LogP contribution in [-0.2, 0) is 0 Å². The molecule has 5 rings (SSSR count). The molecule has 2 aliphatic rings. The Balaban J connectivity index is 1.65. The summed E-state index contributed by atoms with van der Waals surface area (Å²) >= 11 is 1.25. The third-order valence-electron chi connectivity index (χ3n) is 4.22. The van der Waals surface area contributed by atoms with Crippen LogP contribution in [0.3, 0.4) is 0 Å². The number of hydrogen-bond donors (Lipinski definition) is 1. The minimum absolute atomic E-state index is 0.105. The van der Waals surface area contributed by atoms with Crippen molar-refractivity contribution in [2.24, 2.45) is 0 Å². The fraction of sp³-hybridized carbons (Fsp3) is 0.118. The lowest BCUT2D eigenvalue weighted by Gasteiger charge is -2.36. The number of para-hydroxylation sites is 1. The van der Waals surface area contributed by atoms with E-state index in [-0.39, 0.29) is 12.7 Å². The molecule has 2 aliphatic heterocycles. The van der Waals surface area contributed by atoms with Gasteiger partial charge in [0.1, 0.15) is 5.69 Å². The van der Waals surface area contributed by atoms with E-state index in [1.165, 1.54) is 11.5 Å². The summed E-state index contributed by atoms with van der Waals surface area (Å²) in [5.74, 6) is 1.19. The number of aromatic nitrogens is 2. The molecule has 1 amide bonds. The molecule has 124 valence electrons. The van der Waals surface area contributed by atoms with Crippen molar-refractivity contribution in [1.29, 1.82) is 0 Å². The van der Waals surface area contributed by atoms with Crippen molar-refractivity contribution >= 4 is 28.8 Å². The molecule has 1 N–H and O–H groups in total. The molecule has 0 aliphatic carbocycles. The SMILES string of the molecule is O=C1c2ccccc2NC(c2csnn2)N1c1ccc2c(c1)OCO2. The molecular weight excluding hydrogens is 340 g/mol. The van der Waals surface area contributed by atoms with Gasteiger partial charge in [-0.3, -0.25) is 9.69 Å². The highest BCUT2D eigenvalue weighted by molar-refractivity contribution is 7.03. The minimum atomic E-state index is -0.443. The number of carbonyl (C=O) groups excluding carboxylic acids is 1. The summed E-state index contributed by atoms with van der Waals surface area (Å²) in [5.41, 5.74) is 2.78. The topological polar surface area (TPSA) is 76.6 Å². The van der Waals surface area contributed by atoms with Gasteiger partial charge in [-0.25, -0.2) is 0 Å². The molecule has 0 saturated carbocycles. The lowest BCUT2D eigenvalue weighted by molar-refractivity contribution is 0.0974. The lowest BCUT2D eigenvalue weighted by Crippen LogP contribution is -2.43. The van der Waals surface area contributed by atoms with Crippen molar-refractivity contribution in [2.75, 3.05) is 17.0 Å². The summed E-state index contributed by atoms with van der Waals surface area (Å²) < 4.78 is 14.7. The van der Waals surface area contributed by atoms with E-state index in [9.17, 15) is 4.79 Å². The molecule has 0 fully saturated rings. The molecule has 8 heteroatoms. The molecule has 3 heterocycles. The fourth-order valence-electron chi connectivity index (χ4n) is 3.05. The first-order valence-electron chi connectivity index (χ1n) is 7.67. The van der Waals surface area contributed by atoms with Gasteiger partial charge in [0.25, 0.3) is 5.91 Å². The largest absolute Gasteiger partial charge is 0.454 e. The quantitative estimate of drug-likeness (QED) is 0.764. The van der Waals surface area contributed by atoms with Crippen LogP contribution in [0.1, 0.15) is 22.2 Å². The van der Waals surface area contributed by atoms with Gasteiger partial charge >= 0.3 is 0 Å². The fourth-order valence-corrected chi connectivity index (χ4v) is 3.53. The van der Waals surface area contributed by atoms with E-state index in [2.05, 4.69) is 14.9 Å². The second-order valence-corrected chi connectivity index (χ2v) is 6.24. The average Bonchev–Trinajstić information content (AvgIpc) is 3.33. The van der Waals surface area contributed by atoms with Gasteiger partial charge in [-0.1, -0.05) is 16.6 Å². The van der Waals surface area contributed by atoms with Crippen molar-refractivity contribution < 1.29 is 14.3 Å². The van der Waals surface area contributed by atoms with E-state index in [0.29, 0.717) is 28.4 Å². The Morgan fingerprint density at radius 3 is 2.92 bits per heavy atom. The van der Waals surface area contributed by atoms with Gasteiger partial charge in [-0.15, -0.1) is 5.10 Å². The maximum Gasteiger partial charge on any atom is 0.262 e. The van der Waals surface area contributed by atoms with Crippen LogP contribution >= 0.6 is 11.5 Å². The maximum absolute atomic E-state index is 13.2. The number of nitrogens with one attached hydrogen (secondary N) is 1. The van der Waals surface area contributed by atoms with E-state index >= 15 is 0 Å². The van der Waals surface area contributed by atoms with E-state index in [0.717, 1.165) is 5.69 Å². The molecule has 7 nitrogen and oxygen atoms in total. The number of ether oxygens (including phenoxy) is 2. The van der Waals surface area contributed by atoms with E-state index < -0.39 is 6.17 Å². The molecule has 0 spiro atoms. The van der Waals surface area contributed by atoms with Crippen molar-refractivity contribution in [2.45, 2.75) is 6.17 Å². The van der Waals surface area contributed by atoms with Crippen molar-refractivity contribution in [3.63, 3.8) is 0 Å². The lowest BCUT2D eigenvalue weighted by atomic mass is 10.1. The van der Waals surface area contributed by atoms with Crippen LogP contribution in [0, 0.1) is 0 Å². The van der Waals surface area contributed by atoms with Crippen LogP contribution in [0.15, 0.2) is 47.8 Å². The number of benzene rings is 2. The Hall–Kier alpha value is -3.13. The first-order valence-corrected chi connectivity index (χ1v) is 8.50. The van der Waals surface area contributed by atoms with Gasteiger partial charge in [0, 0.05) is 17.1 Å². The molecular formula is C17H12N4O3S. The molecule has 0 bridgehead atoms. The Morgan fingerprint density at radius 1 is 1.16 bits per heavy atom. The summed E-state index contributed by atoms with van der Waals surface area (Å²) in [4.78, 5) is 14.9. The second-order valence-electron chi connectivity index (χ2n) is 5.63. The summed E-state index contributed by atoms with van der Waals surface area (Å²) in [6.07, 6.45) is -0.443. The molecule has 3 aromatic rings. The third kappa shape index (κ3) is 2.22. The zero-order chi connectivity index (χ0) is 16.8. The van der Waals surface area contributed by atoms with Gasteiger partial charge in [0.2, 0.25) is 6.79 Å². The Labute approximate surface area is 147 Å². The zero-order valence-electron chi connectivity index (χ0n) is 12.9. The summed E-state index contributed by atoms with van der Waals surface area (Å²) in [6, 6.07) is 12.9. The highest BCUT2D eigenvalue weighted by Crippen LogP contribution is 2.40. The predicted octanol–water partition coefficient (Wildman–Crippen LogP) is 3.04. The first kappa shape index (κ1) is 14.2. The summed E-state index contributed by atoms with van der Waals surface area (Å²) in [5, 5.41) is 9.37. The number of rotatable bonds is 2. The van der Waals surface area contributed by atoms with Crippen LogP contribution in [0.2, 0.25) is 0 Å². The number of nitrogens with zero attached hydrogens (tertiary/aromatic N) is 3. The predicted molar refractivity (Wildman–Crippen MR) is 92.1 cm³/mol. The second kappa shape index (κ2) is 5.45. The minimum Gasteiger partial charge on any atom is -0.454 e.